The van der Waals surface area contributed by atoms with Crippen LogP contribution in [0.5, 0.6) is 0 Å². The van der Waals surface area contributed by atoms with Gasteiger partial charge in [-0.15, -0.1) is 11.3 Å². The molecule has 0 bridgehead atoms. The molecule has 2 N–H and O–H groups in total. The summed E-state index contributed by atoms with van der Waals surface area (Å²) in [6, 6.07) is 7.07. The van der Waals surface area contributed by atoms with Crippen LogP contribution in [0.4, 0.5) is 0 Å². The van der Waals surface area contributed by atoms with Crippen LogP contribution in [-0.2, 0) is 16.6 Å². The smallest absolute Gasteiger partial charge is 0.261 e. The molecule has 25 heavy (non-hydrogen) atoms. The van der Waals surface area contributed by atoms with Crippen molar-refractivity contribution in [2.24, 2.45) is 0 Å². The minimum atomic E-state index is -3.79. The zero-order chi connectivity index (χ0) is 18.6. The van der Waals surface area contributed by atoms with Crippen LogP contribution in [0.3, 0.4) is 0 Å². The fraction of sp³-hybridized carbons (Fsp3) is 0.250. The summed E-state index contributed by atoms with van der Waals surface area (Å²) in [5.74, 6) is -1.60. The van der Waals surface area contributed by atoms with Gasteiger partial charge in [-0.05, 0) is 31.0 Å². The Morgan fingerprint density at radius 3 is 2.40 bits per heavy atom. The van der Waals surface area contributed by atoms with Gasteiger partial charge in [-0.25, -0.2) is 13.1 Å². The maximum Gasteiger partial charge on any atom is 0.261 e. The number of sulfonamides is 1. The van der Waals surface area contributed by atoms with Gasteiger partial charge < -0.3 is 15.2 Å². The van der Waals surface area contributed by atoms with Gasteiger partial charge in [0.2, 0.25) is 10.0 Å². The van der Waals surface area contributed by atoms with Gasteiger partial charge >= 0.3 is 0 Å². The first-order valence-electron chi connectivity index (χ1n) is 7.43. The van der Waals surface area contributed by atoms with Crippen LogP contribution in [0.15, 0.2) is 35.2 Å². The van der Waals surface area contributed by atoms with Crippen LogP contribution in [0.2, 0.25) is 0 Å². The number of carbonyl (C=O) groups is 2. The molecule has 1 amide bonds. The number of amides is 1. The lowest BCUT2D eigenvalue weighted by Gasteiger charge is -2.07. The number of carbonyl (C=O) groups excluding carboxylic acids is 2. The zero-order valence-electron chi connectivity index (χ0n) is 13.7. The first-order chi connectivity index (χ1) is 11.7. The average molecular weight is 381 g/mol. The lowest BCUT2D eigenvalue weighted by molar-refractivity contribution is -0.255. The highest BCUT2D eigenvalue weighted by Crippen LogP contribution is 2.25. The number of nitrogens with one attached hydrogen (secondary N) is 2. The molecule has 0 spiro atoms. The SMILES string of the molecule is CCNC(=O)c1cc(S(=O)(=O)NCc2ccc(C(=O)[O-])cc2)c(C)s1. The maximum atomic E-state index is 12.5. The summed E-state index contributed by atoms with van der Waals surface area (Å²) < 4.78 is 27.4. The topological polar surface area (TPSA) is 115 Å². The lowest BCUT2D eigenvalue weighted by Crippen LogP contribution is -2.24. The summed E-state index contributed by atoms with van der Waals surface area (Å²) in [4.78, 5) is 23.4. The average Bonchev–Trinajstić information content (AvgIpc) is 2.96. The van der Waals surface area contributed by atoms with Crippen LogP contribution in [0.1, 0.15) is 37.4 Å². The van der Waals surface area contributed by atoms with Gasteiger partial charge in [0.1, 0.15) is 0 Å². The molecule has 0 aliphatic rings. The maximum absolute atomic E-state index is 12.5. The molecule has 1 aromatic heterocycles. The number of carboxylic acid groups (broad SMARTS) is 1. The molecule has 1 heterocycles. The Morgan fingerprint density at radius 2 is 1.84 bits per heavy atom. The molecular formula is C16H17N2O5S2-. The minimum Gasteiger partial charge on any atom is -0.545 e. The van der Waals surface area contributed by atoms with E-state index in [4.69, 9.17) is 0 Å². The van der Waals surface area contributed by atoms with Crippen LogP contribution >= 0.6 is 11.3 Å². The van der Waals surface area contributed by atoms with Crippen molar-refractivity contribution in [1.29, 1.82) is 0 Å². The Bertz CT molecular complexity index is 886. The number of hydrogen-bond acceptors (Lipinski definition) is 6. The summed E-state index contributed by atoms with van der Waals surface area (Å²) in [7, 11) is -3.79. The zero-order valence-corrected chi connectivity index (χ0v) is 15.3. The first-order valence-corrected chi connectivity index (χ1v) is 9.73. The number of aryl methyl sites for hydroxylation is 1. The number of rotatable bonds is 7. The third-order valence-corrected chi connectivity index (χ3v) is 6.08. The van der Waals surface area contributed by atoms with Crippen LogP contribution in [-0.4, -0.2) is 26.8 Å². The Hall–Kier alpha value is -2.23. The molecule has 9 heteroatoms. The van der Waals surface area contributed by atoms with E-state index in [0.717, 1.165) is 11.3 Å². The van der Waals surface area contributed by atoms with Crippen molar-refractivity contribution in [3.8, 4) is 0 Å². The molecule has 0 aliphatic heterocycles. The van der Waals surface area contributed by atoms with Crippen molar-refractivity contribution in [2.45, 2.75) is 25.3 Å². The van der Waals surface area contributed by atoms with Crippen LogP contribution in [0, 0.1) is 6.92 Å². The Morgan fingerprint density at radius 1 is 1.20 bits per heavy atom. The van der Waals surface area contributed by atoms with Crippen molar-refractivity contribution in [3.63, 3.8) is 0 Å². The Balaban J connectivity index is 2.13. The van der Waals surface area contributed by atoms with Crippen molar-refractivity contribution in [2.75, 3.05) is 6.54 Å². The van der Waals surface area contributed by atoms with E-state index in [1.165, 1.54) is 30.3 Å². The molecule has 1 aromatic carbocycles. The van der Waals surface area contributed by atoms with Gasteiger partial charge in [0.25, 0.3) is 5.91 Å². The van der Waals surface area contributed by atoms with Crippen LogP contribution < -0.4 is 15.1 Å². The molecule has 134 valence electrons. The van der Waals surface area contributed by atoms with Crippen molar-refractivity contribution in [3.05, 3.63) is 51.2 Å². The van der Waals surface area contributed by atoms with E-state index in [1.54, 1.807) is 13.8 Å². The molecule has 7 nitrogen and oxygen atoms in total. The van der Waals surface area contributed by atoms with E-state index in [0.29, 0.717) is 21.9 Å². The summed E-state index contributed by atoms with van der Waals surface area (Å²) in [6.45, 7) is 3.87. The summed E-state index contributed by atoms with van der Waals surface area (Å²) >= 11 is 1.11. The third-order valence-electron chi connectivity index (χ3n) is 3.38. The van der Waals surface area contributed by atoms with E-state index in [9.17, 15) is 23.1 Å². The monoisotopic (exact) mass is 381 g/mol. The van der Waals surface area contributed by atoms with Gasteiger partial charge in [0.05, 0.1) is 15.7 Å². The molecule has 0 saturated carbocycles. The predicted octanol–water partition coefficient (Wildman–Crippen LogP) is 0.648. The van der Waals surface area contributed by atoms with Gasteiger partial charge in [-0.2, -0.15) is 0 Å². The van der Waals surface area contributed by atoms with Gasteiger partial charge in [0, 0.05) is 18.0 Å². The van der Waals surface area contributed by atoms with E-state index in [2.05, 4.69) is 10.0 Å². The van der Waals surface area contributed by atoms with Crippen LogP contribution in [0.25, 0.3) is 0 Å². The molecule has 0 unspecified atom stereocenters. The van der Waals surface area contributed by atoms with E-state index in [1.807, 2.05) is 0 Å². The normalized spacial score (nSPS) is 11.3. The van der Waals surface area contributed by atoms with E-state index >= 15 is 0 Å². The summed E-state index contributed by atoms with van der Waals surface area (Å²) in [5.41, 5.74) is 0.622. The predicted molar refractivity (Wildman–Crippen MR) is 91.9 cm³/mol. The number of thiophene rings is 1. The fourth-order valence-electron chi connectivity index (χ4n) is 2.11. The molecular weight excluding hydrogens is 364 g/mol. The summed E-state index contributed by atoms with van der Waals surface area (Å²) in [6.07, 6.45) is 0. The molecule has 2 aromatic rings. The number of hydrogen-bond donors (Lipinski definition) is 2. The first kappa shape index (κ1) is 19.1. The number of aromatic carboxylic acids is 1. The standard InChI is InChI=1S/C16H18N2O5S2/c1-3-17-15(19)13-8-14(10(2)24-13)25(22,23)18-9-11-4-6-12(7-5-11)16(20)21/h4-8,18H,3,9H2,1-2H3,(H,17,19)(H,20,21)/p-1. The highest BCUT2D eigenvalue weighted by atomic mass is 32.2. The molecule has 2 rings (SSSR count). The summed E-state index contributed by atoms with van der Waals surface area (Å²) in [5, 5.41) is 13.3. The Labute approximate surface area is 149 Å². The second-order valence-corrected chi connectivity index (χ2v) is 8.19. The Kier molecular flexibility index (Phi) is 5.93. The number of benzene rings is 1. The second-order valence-electron chi connectivity index (χ2n) is 5.20. The quantitative estimate of drug-likeness (QED) is 0.731. The second kappa shape index (κ2) is 7.77. The fourth-order valence-corrected chi connectivity index (χ4v) is 4.63. The lowest BCUT2D eigenvalue weighted by atomic mass is 10.1. The highest BCUT2D eigenvalue weighted by molar-refractivity contribution is 7.89. The molecule has 0 fully saturated rings. The third kappa shape index (κ3) is 4.65. The molecule has 0 atom stereocenters. The van der Waals surface area contributed by atoms with E-state index in [-0.39, 0.29) is 22.9 Å². The van der Waals surface area contributed by atoms with Gasteiger partial charge in [-0.3, -0.25) is 4.79 Å². The van der Waals surface area contributed by atoms with Gasteiger partial charge in [-0.1, -0.05) is 24.3 Å². The highest BCUT2D eigenvalue weighted by Gasteiger charge is 2.22. The minimum absolute atomic E-state index is 0.00143. The molecule has 0 radical (unpaired) electrons. The number of carboxylic acids is 1. The molecule has 0 aliphatic carbocycles. The van der Waals surface area contributed by atoms with Crippen molar-refractivity contribution >= 4 is 33.2 Å². The van der Waals surface area contributed by atoms with E-state index < -0.39 is 16.0 Å². The van der Waals surface area contributed by atoms with Gasteiger partial charge in [0.15, 0.2) is 0 Å². The molecule has 0 saturated heterocycles. The largest absolute Gasteiger partial charge is 0.545 e. The van der Waals surface area contributed by atoms with Crippen molar-refractivity contribution in [1.82, 2.24) is 10.0 Å². The van der Waals surface area contributed by atoms with Crippen molar-refractivity contribution < 1.29 is 23.1 Å².